The van der Waals surface area contributed by atoms with Crippen LogP contribution in [0.3, 0.4) is 0 Å². The number of aromatic nitrogens is 6. The number of methoxy groups -OCH3 is 2. The second kappa shape index (κ2) is 10.2. The summed E-state index contributed by atoms with van der Waals surface area (Å²) < 4.78 is 54.8. The first kappa shape index (κ1) is 25.0. The van der Waals surface area contributed by atoms with Gasteiger partial charge in [-0.05, 0) is 38.1 Å². The zero-order valence-corrected chi connectivity index (χ0v) is 20.8. The molecule has 0 aliphatic rings. The fourth-order valence-corrected chi connectivity index (χ4v) is 4.44. The van der Waals surface area contributed by atoms with Crippen molar-refractivity contribution in [2.24, 2.45) is 0 Å². The topological polar surface area (TPSA) is 134 Å². The van der Waals surface area contributed by atoms with Crippen LogP contribution in [-0.2, 0) is 16.4 Å². The number of benzene rings is 1. The van der Waals surface area contributed by atoms with Crippen LogP contribution >= 0.6 is 0 Å². The predicted molar refractivity (Wildman–Crippen MR) is 130 cm³/mol. The molecule has 0 fully saturated rings. The molecule has 0 saturated heterocycles. The number of hydrogen-bond acceptors (Lipinski definition) is 9. The van der Waals surface area contributed by atoms with E-state index in [9.17, 15) is 12.8 Å². The Labute approximate surface area is 207 Å². The minimum atomic E-state index is -4.02. The first-order valence-corrected chi connectivity index (χ1v) is 12.4. The van der Waals surface area contributed by atoms with Crippen LogP contribution in [0.2, 0.25) is 0 Å². The highest BCUT2D eigenvalue weighted by molar-refractivity contribution is 7.93. The normalized spacial score (nSPS) is 12.2. The molecule has 3 heterocycles. The quantitative estimate of drug-likeness (QED) is 0.358. The van der Waals surface area contributed by atoms with Gasteiger partial charge >= 0.3 is 0 Å². The number of hydrogen-bond donors (Lipinski definition) is 1. The van der Waals surface area contributed by atoms with Crippen molar-refractivity contribution < 1.29 is 22.3 Å². The van der Waals surface area contributed by atoms with Crippen LogP contribution in [0.15, 0.2) is 48.8 Å². The Morgan fingerprint density at radius 3 is 2.28 bits per heavy atom. The van der Waals surface area contributed by atoms with E-state index in [1.165, 1.54) is 25.7 Å². The fraction of sp³-hybridized carbons (Fsp3) is 0.261. The highest BCUT2D eigenvalue weighted by Crippen LogP contribution is 2.37. The Hall–Kier alpha value is -4.13. The SMILES string of the molecule is COc1cccc(OC)c1-n1c(NS(=O)(=O)[C@@H](C)Cc2ncc(F)cn2)nnc1-c1cccc(C)n1. The van der Waals surface area contributed by atoms with Crippen molar-refractivity contribution in [3.63, 3.8) is 0 Å². The van der Waals surface area contributed by atoms with E-state index in [1.54, 1.807) is 24.3 Å². The van der Waals surface area contributed by atoms with Crippen LogP contribution < -0.4 is 14.2 Å². The maximum Gasteiger partial charge on any atom is 0.243 e. The van der Waals surface area contributed by atoms with Gasteiger partial charge in [-0.1, -0.05) is 12.1 Å². The first-order chi connectivity index (χ1) is 17.2. The Bertz CT molecular complexity index is 1450. The van der Waals surface area contributed by atoms with Crippen LogP contribution in [0.4, 0.5) is 10.3 Å². The molecular formula is C23H24FN7O4S. The van der Waals surface area contributed by atoms with E-state index in [2.05, 4.69) is 29.9 Å². The van der Waals surface area contributed by atoms with E-state index in [0.29, 0.717) is 22.9 Å². The second-order valence-corrected chi connectivity index (χ2v) is 9.94. The van der Waals surface area contributed by atoms with E-state index in [1.807, 2.05) is 19.1 Å². The zero-order valence-electron chi connectivity index (χ0n) is 20.0. The van der Waals surface area contributed by atoms with Gasteiger partial charge in [-0.2, -0.15) is 0 Å². The largest absolute Gasteiger partial charge is 0.494 e. The number of sulfonamides is 1. The molecule has 0 radical (unpaired) electrons. The highest BCUT2D eigenvalue weighted by Gasteiger charge is 2.29. The lowest BCUT2D eigenvalue weighted by Gasteiger charge is -2.18. The molecule has 11 nitrogen and oxygen atoms in total. The molecular weight excluding hydrogens is 489 g/mol. The molecule has 1 atom stereocenters. The summed E-state index contributed by atoms with van der Waals surface area (Å²) in [6.45, 7) is 3.32. The third kappa shape index (κ3) is 5.10. The molecule has 0 spiro atoms. The molecule has 0 bridgehead atoms. The summed E-state index contributed by atoms with van der Waals surface area (Å²) in [6.07, 6.45) is 1.93. The van der Waals surface area contributed by atoms with Crippen molar-refractivity contribution in [1.82, 2.24) is 29.7 Å². The van der Waals surface area contributed by atoms with E-state index >= 15 is 0 Å². The second-order valence-electron chi connectivity index (χ2n) is 7.84. The van der Waals surface area contributed by atoms with Gasteiger partial charge in [-0.15, -0.1) is 10.2 Å². The molecule has 4 rings (SSSR count). The fourth-order valence-electron chi connectivity index (χ4n) is 3.49. The molecule has 3 aromatic heterocycles. The summed E-state index contributed by atoms with van der Waals surface area (Å²) in [7, 11) is -1.04. The van der Waals surface area contributed by atoms with Crippen molar-refractivity contribution in [3.05, 3.63) is 66.1 Å². The maximum absolute atomic E-state index is 13.3. The number of halogens is 1. The molecule has 1 aromatic carbocycles. The standard InChI is InChI=1S/C23H24FN7O4S/c1-14-7-5-8-17(27-14)22-28-29-23(31(22)21-18(34-3)9-6-10-19(21)35-4)30-36(32,33)15(2)11-20-25-12-16(24)13-26-20/h5-10,12-13,15H,11H2,1-4H3,(H,29,30)/t15-/m0/s1. The Morgan fingerprint density at radius 1 is 1.03 bits per heavy atom. The van der Waals surface area contributed by atoms with Crippen molar-refractivity contribution in [1.29, 1.82) is 0 Å². The van der Waals surface area contributed by atoms with Gasteiger partial charge in [0.1, 0.15) is 28.7 Å². The van der Waals surface area contributed by atoms with Crippen molar-refractivity contribution in [3.8, 4) is 28.7 Å². The Morgan fingerprint density at radius 2 is 1.67 bits per heavy atom. The maximum atomic E-state index is 13.3. The van der Waals surface area contributed by atoms with Gasteiger partial charge < -0.3 is 9.47 Å². The third-order valence-electron chi connectivity index (χ3n) is 5.31. The molecule has 188 valence electrons. The van der Waals surface area contributed by atoms with Crippen LogP contribution in [0.1, 0.15) is 18.4 Å². The molecule has 0 saturated carbocycles. The Kier molecular flexibility index (Phi) is 7.10. The molecule has 1 N–H and O–H groups in total. The highest BCUT2D eigenvalue weighted by atomic mass is 32.2. The van der Waals surface area contributed by atoms with Gasteiger partial charge in [0.15, 0.2) is 11.6 Å². The number of anilines is 1. The molecule has 0 unspecified atom stereocenters. The molecule has 0 aliphatic carbocycles. The van der Waals surface area contributed by atoms with Gasteiger partial charge in [-0.3, -0.25) is 9.29 Å². The van der Waals surface area contributed by atoms with E-state index in [4.69, 9.17) is 9.47 Å². The van der Waals surface area contributed by atoms with Gasteiger partial charge in [0.05, 0.1) is 31.9 Å². The van der Waals surface area contributed by atoms with Gasteiger partial charge in [0, 0.05) is 12.1 Å². The molecule has 0 aliphatic heterocycles. The van der Waals surface area contributed by atoms with Crippen LogP contribution in [0.5, 0.6) is 11.5 Å². The monoisotopic (exact) mass is 513 g/mol. The summed E-state index contributed by atoms with van der Waals surface area (Å²) >= 11 is 0. The van der Waals surface area contributed by atoms with Crippen molar-refractivity contribution in [2.45, 2.75) is 25.5 Å². The van der Waals surface area contributed by atoms with E-state index in [0.717, 1.165) is 18.1 Å². The molecule has 0 amide bonds. The van der Waals surface area contributed by atoms with Gasteiger partial charge in [-0.25, -0.2) is 27.8 Å². The Balaban J connectivity index is 1.81. The number of nitrogens with one attached hydrogen (secondary N) is 1. The lowest BCUT2D eigenvalue weighted by molar-refractivity contribution is 0.391. The lowest BCUT2D eigenvalue weighted by atomic mass is 10.2. The first-order valence-electron chi connectivity index (χ1n) is 10.8. The molecule has 13 heteroatoms. The number of rotatable bonds is 9. The molecule has 4 aromatic rings. The predicted octanol–water partition coefficient (Wildman–Crippen LogP) is 2.96. The average Bonchev–Trinajstić information content (AvgIpc) is 3.27. The molecule has 36 heavy (non-hydrogen) atoms. The summed E-state index contributed by atoms with van der Waals surface area (Å²) in [4.78, 5) is 12.2. The summed E-state index contributed by atoms with van der Waals surface area (Å²) in [6, 6.07) is 10.5. The minimum absolute atomic E-state index is 0.0476. The summed E-state index contributed by atoms with van der Waals surface area (Å²) in [5.41, 5.74) is 1.59. The van der Waals surface area contributed by atoms with Gasteiger partial charge in [0.2, 0.25) is 16.0 Å². The van der Waals surface area contributed by atoms with Crippen molar-refractivity contribution in [2.75, 3.05) is 18.9 Å². The van der Waals surface area contributed by atoms with E-state index < -0.39 is 21.1 Å². The van der Waals surface area contributed by atoms with Crippen LogP contribution in [-0.4, -0.2) is 57.6 Å². The number of pyridine rings is 1. The number of para-hydroxylation sites is 1. The van der Waals surface area contributed by atoms with Gasteiger partial charge in [0.25, 0.3) is 0 Å². The minimum Gasteiger partial charge on any atom is -0.494 e. The van der Waals surface area contributed by atoms with E-state index in [-0.39, 0.29) is 24.0 Å². The lowest BCUT2D eigenvalue weighted by Crippen LogP contribution is -2.29. The summed E-state index contributed by atoms with van der Waals surface area (Å²) in [5.74, 6) is 0.555. The number of aryl methyl sites for hydroxylation is 1. The van der Waals surface area contributed by atoms with Crippen LogP contribution in [0, 0.1) is 12.7 Å². The zero-order chi connectivity index (χ0) is 25.9. The van der Waals surface area contributed by atoms with Crippen molar-refractivity contribution >= 4 is 16.0 Å². The number of ether oxygens (including phenoxy) is 2. The smallest absolute Gasteiger partial charge is 0.243 e. The van der Waals surface area contributed by atoms with Crippen LogP contribution in [0.25, 0.3) is 17.2 Å². The number of nitrogens with zero attached hydrogens (tertiary/aromatic N) is 6. The third-order valence-corrected chi connectivity index (χ3v) is 7.01. The summed E-state index contributed by atoms with van der Waals surface area (Å²) in [5, 5.41) is 7.39. The average molecular weight is 514 g/mol.